The van der Waals surface area contributed by atoms with Gasteiger partial charge in [-0.25, -0.2) is 0 Å². The predicted octanol–water partition coefficient (Wildman–Crippen LogP) is 1.11. The molecule has 0 aliphatic rings. The second-order valence-electron chi connectivity index (χ2n) is 4.55. The van der Waals surface area contributed by atoms with Crippen molar-refractivity contribution in [3.63, 3.8) is 0 Å². The molecular weight excluding hydrogens is 220 g/mol. The first-order valence-electron chi connectivity index (χ1n) is 5.39. The molecule has 0 aromatic carbocycles. The summed E-state index contributed by atoms with van der Waals surface area (Å²) in [5, 5.41) is 34.0. The van der Waals surface area contributed by atoms with Gasteiger partial charge >= 0.3 is 0 Å². The van der Waals surface area contributed by atoms with Crippen LogP contribution in [0, 0.1) is 5.41 Å². The number of allylic oxidation sites excluding steroid dienone is 2. The number of hydrogen-bond acceptors (Lipinski definition) is 4. The van der Waals surface area contributed by atoms with Crippen LogP contribution in [0.4, 0.5) is 0 Å². The van der Waals surface area contributed by atoms with E-state index in [0.29, 0.717) is 0 Å². The van der Waals surface area contributed by atoms with Crippen molar-refractivity contribution in [2.24, 2.45) is 5.41 Å². The summed E-state index contributed by atoms with van der Waals surface area (Å²) in [6.07, 6.45) is 0. The normalized spacial score (nSPS) is 9.41. The van der Waals surface area contributed by atoms with Crippen molar-refractivity contribution in [1.29, 1.82) is 0 Å². The van der Waals surface area contributed by atoms with E-state index >= 15 is 0 Å². The summed E-state index contributed by atoms with van der Waals surface area (Å²) in [6, 6.07) is 0. The van der Waals surface area contributed by atoms with E-state index in [0.717, 1.165) is 0 Å². The molecule has 4 N–H and O–H groups in total. The Balaban J connectivity index is -0.000000205. The van der Waals surface area contributed by atoms with Crippen LogP contribution in [-0.2, 0) is 0 Å². The molecule has 4 heteroatoms. The molecule has 0 aromatic heterocycles. The zero-order chi connectivity index (χ0) is 14.5. The summed E-state index contributed by atoms with van der Waals surface area (Å²) in [4.78, 5) is 0. The van der Waals surface area contributed by atoms with Crippen LogP contribution in [-0.4, -0.2) is 46.9 Å². The standard InChI is InChI=1S/C5H12O4.2C4H8/c6-1-5(2-7,3-8)4-9;2*1-4(2)3/h6-9H,1-4H2;2*1H2,2-3H3. The van der Waals surface area contributed by atoms with Gasteiger partial charge in [-0.05, 0) is 27.7 Å². The summed E-state index contributed by atoms with van der Waals surface area (Å²) in [5.74, 6) is 0. The Kier molecular flexibility index (Phi) is 17.0. The first kappa shape index (κ1) is 21.6. The predicted molar refractivity (Wildman–Crippen MR) is 71.8 cm³/mol. The summed E-state index contributed by atoms with van der Waals surface area (Å²) in [6.45, 7) is 13.4. The van der Waals surface area contributed by atoms with Crippen molar-refractivity contribution in [2.75, 3.05) is 26.4 Å². The van der Waals surface area contributed by atoms with Crippen LogP contribution in [0.15, 0.2) is 24.3 Å². The highest BCUT2D eigenvalue weighted by Gasteiger charge is 2.26. The van der Waals surface area contributed by atoms with E-state index in [1.54, 1.807) is 0 Å². The van der Waals surface area contributed by atoms with Crippen LogP contribution < -0.4 is 0 Å². The highest BCUT2D eigenvalue weighted by Crippen LogP contribution is 2.11. The van der Waals surface area contributed by atoms with Crippen molar-refractivity contribution in [1.82, 2.24) is 0 Å². The van der Waals surface area contributed by atoms with Crippen LogP contribution in [0.3, 0.4) is 0 Å². The number of aliphatic hydroxyl groups is 4. The summed E-state index contributed by atoms with van der Waals surface area (Å²) < 4.78 is 0. The SMILES string of the molecule is C=C(C)C.C=C(C)C.OCC(CO)(CO)CO. The monoisotopic (exact) mass is 248 g/mol. The minimum atomic E-state index is -1.11. The lowest BCUT2D eigenvalue weighted by Gasteiger charge is -2.23. The Labute approximate surface area is 105 Å². The molecule has 0 aliphatic carbocycles. The molecule has 0 heterocycles. The quantitative estimate of drug-likeness (QED) is 0.562. The van der Waals surface area contributed by atoms with Gasteiger partial charge in [-0.3, -0.25) is 0 Å². The van der Waals surface area contributed by atoms with Gasteiger partial charge in [0.05, 0.1) is 31.8 Å². The third-order valence-electron chi connectivity index (χ3n) is 1.34. The number of rotatable bonds is 4. The van der Waals surface area contributed by atoms with Gasteiger partial charge in [0, 0.05) is 0 Å². The van der Waals surface area contributed by atoms with Crippen molar-refractivity contribution in [3.8, 4) is 0 Å². The van der Waals surface area contributed by atoms with E-state index in [-0.39, 0.29) is 0 Å². The minimum Gasteiger partial charge on any atom is -0.396 e. The molecule has 0 aliphatic heterocycles. The average molecular weight is 248 g/mol. The fourth-order valence-corrected chi connectivity index (χ4v) is 0.300. The van der Waals surface area contributed by atoms with E-state index in [1.165, 1.54) is 11.1 Å². The van der Waals surface area contributed by atoms with Crippen molar-refractivity contribution in [3.05, 3.63) is 24.3 Å². The zero-order valence-corrected chi connectivity index (χ0v) is 11.5. The third-order valence-corrected chi connectivity index (χ3v) is 1.34. The van der Waals surface area contributed by atoms with Gasteiger partial charge in [-0.1, -0.05) is 11.1 Å². The van der Waals surface area contributed by atoms with Gasteiger partial charge in [-0.2, -0.15) is 0 Å². The second-order valence-corrected chi connectivity index (χ2v) is 4.55. The fraction of sp³-hybridized carbons (Fsp3) is 0.692. The molecule has 0 atom stereocenters. The maximum absolute atomic E-state index is 8.50. The van der Waals surface area contributed by atoms with Gasteiger partial charge in [0.25, 0.3) is 0 Å². The van der Waals surface area contributed by atoms with E-state index in [2.05, 4.69) is 13.2 Å². The molecular formula is C13H28O4. The molecule has 104 valence electrons. The van der Waals surface area contributed by atoms with E-state index in [4.69, 9.17) is 20.4 Å². The average Bonchev–Trinajstić information content (AvgIpc) is 2.20. The van der Waals surface area contributed by atoms with E-state index in [1.807, 2.05) is 27.7 Å². The highest BCUT2D eigenvalue weighted by molar-refractivity contribution is 4.79. The Morgan fingerprint density at radius 1 is 0.706 bits per heavy atom. The van der Waals surface area contributed by atoms with Gasteiger partial charge in [-0.15, -0.1) is 13.2 Å². The van der Waals surface area contributed by atoms with E-state index < -0.39 is 31.8 Å². The van der Waals surface area contributed by atoms with Gasteiger partial charge in [0.1, 0.15) is 0 Å². The lowest BCUT2D eigenvalue weighted by molar-refractivity contribution is -0.0328. The summed E-state index contributed by atoms with van der Waals surface area (Å²) in [7, 11) is 0. The van der Waals surface area contributed by atoms with Crippen LogP contribution in [0.1, 0.15) is 27.7 Å². The maximum Gasteiger partial charge on any atom is 0.0627 e. The molecule has 0 fully saturated rings. The molecule has 0 radical (unpaired) electrons. The first-order chi connectivity index (χ1) is 7.71. The lowest BCUT2D eigenvalue weighted by atomic mass is 9.93. The second kappa shape index (κ2) is 13.4. The largest absolute Gasteiger partial charge is 0.396 e. The van der Waals surface area contributed by atoms with Gasteiger partial charge < -0.3 is 20.4 Å². The van der Waals surface area contributed by atoms with Crippen LogP contribution in [0.25, 0.3) is 0 Å². The topological polar surface area (TPSA) is 80.9 Å². The van der Waals surface area contributed by atoms with Crippen LogP contribution >= 0.6 is 0 Å². The molecule has 0 bridgehead atoms. The molecule has 0 unspecified atom stereocenters. The van der Waals surface area contributed by atoms with Crippen LogP contribution in [0.2, 0.25) is 0 Å². The highest BCUT2D eigenvalue weighted by atomic mass is 16.3. The first-order valence-corrected chi connectivity index (χ1v) is 5.39. The maximum atomic E-state index is 8.50. The smallest absolute Gasteiger partial charge is 0.0627 e. The molecule has 4 nitrogen and oxygen atoms in total. The Hall–Kier alpha value is -0.680. The fourth-order valence-electron chi connectivity index (χ4n) is 0.300. The lowest BCUT2D eigenvalue weighted by Crippen LogP contribution is -2.37. The van der Waals surface area contributed by atoms with Gasteiger partial charge in [0.2, 0.25) is 0 Å². The molecule has 0 aromatic rings. The van der Waals surface area contributed by atoms with Gasteiger partial charge in [0.15, 0.2) is 0 Å². The number of aliphatic hydroxyl groups excluding tert-OH is 4. The zero-order valence-electron chi connectivity index (χ0n) is 11.5. The Morgan fingerprint density at radius 3 is 0.824 bits per heavy atom. The van der Waals surface area contributed by atoms with Crippen molar-refractivity contribution < 1.29 is 20.4 Å². The Bertz CT molecular complexity index is 158. The Morgan fingerprint density at radius 2 is 0.824 bits per heavy atom. The van der Waals surface area contributed by atoms with Crippen molar-refractivity contribution >= 4 is 0 Å². The minimum absolute atomic E-state index is 0.406. The van der Waals surface area contributed by atoms with E-state index in [9.17, 15) is 0 Å². The summed E-state index contributed by atoms with van der Waals surface area (Å²) >= 11 is 0. The molecule has 17 heavy (non-hydrogen) atoms. The molecule has 0 spiro atoms. The third kappa shape index (κ3) is 21.2. The van der Waals surface area contributed by atoms with Crippen LogP contribution in [0.5, 0.6) is 0 Å². The molecule has 0 rings (SSSR count). The summed E-state index contributed by atoms with van der Waals surface area (Å²) in [5.41, 5.74) is 1.22. The molecule has 0 saturated heterocycles. The molecule has 0 amide bonds. The molecule has 0 saturated carbocycles. The number of hydrogen-bond donors (Lipinski definition) is 4. The van der Waals surface area contributed by atoms with Crippen molar-refractivity contribution in [2.45, 2.75) is 27.7 Å².